The molecule has 1 heterocycles. The molecule has 0 saturated heterocycles. The van der Waals surface area contributed by atoms with E-state index in [1.807, 2.05) is 6.92 Å². The molecule has 102 valence electrons. The highest BCUT2D eigenvalue weighted by Gasteiger charge is 2.41. The van der Waals surface area contributed by atoms with Gasteiger partial charge >= 0.3 is 12.3 Å². The fourth-order valence-corrected chi connectivity index (χ4v) is 1.10. The number of pyridine rings is 1. The van der Waals surface area contributed by atoms with Gasteiger partial charge in [0.05, 0.1) is 0 Å². The Kier molecular flexibility index (Phi) is 5.33. The van der Waals surface area contributed by atoms with Crippen molar-refractivity contribution in [2.24, 2.45) is 0 Å². The van der Waals surface area contributed by atoms with Gasteiger partial charge in [0.25, 0.3) is 0 Å². The van der Waals surface area contributed by atoms with Crippen LogP contribution in [0.2, 0.25) is 0 Å². The van der Waals surface area contributed by atoms with Crippen LogP contribution in [0.15, 0.2) is 18.3 Å². The third-order valence-electron chi connectivity index (χ3n) is 2.11. The molecule has 0 aliphatic rings. The number of rotatable bonds is 7. The molecule has 18 heavy (non-hydrogen) atoms. The Morgan fingerprint density at radius 2 is 2.11 bits per heavy atom. The van der Waals surface area contributed by atoms with Gasteiger partial charge in [-0.25, -0.2) is 13.8 Å². The summed E-state index contributed by atoms with van der Waals surface area (Å²) in [6.07, 6.45) is -2.30. The van der Waals surface area contributed by atoms with Crippen molar-refractivity contribution < 1.29 is 22.3 Å². The molecule has 1 aromatic rings. The quantitative estimate of drug-likeness (QED) is 0.770. The molecule has 0 fully saturated rings. The van der Waals surface area contributed by atoms with E-state index in [4.69, 9.17) is 0 Å². The van der Waals surface area contributed by atoms with Gasteiger partial charge in [-0.3, -0.25) is 0 Å². The summed E-state index contributed by atoms with van der Waals surface area (Å²) in [7, 11) is 0. The predicted octanol–water partition coefficient (Wildman–Crippen LogP) is 2.47. The molecular weight excluding hydrogens is 252 g/mol. The van der Waals surface area contributed by atoms with Crippen LogP contribution in [0.5, 0.6) is 5.88 Å². The fourth-order valence-electron chi connectivity index (χ4n) is 1.10. The molecule has 1 aromatic heterocycles. The lowest BCUT2D eigenvalue weighted by Crippen LogP contribution is -2.33. The van der Waals surface area contributed by atoms with E-state index in [0.717, 1.165) is 12.1 Å². The summed E-state index contributed by atoms with van der Waals surface area (Å²) in [5.41, 5.74) is 0.852. The maximum atomic E-state index is 12.6. The highest BCUT2D eigenvalue weighted by molar-refractivity contribution is 5.17. The zero-order valence-corrected chi connectivity index (χ0v) is 9.80. The lowest BCUT2D eigenvalue weighted by atomic mass is 10.3. The van der Waals surface area contributed by atoms with Crippen LogP contribution in [0.3, 0.4) is 0 Å². The summed E-state index contributed by atoms with van der Waals surface area (Å²) < 4.78 is 53.4. The lowest BCUT2D eigenvalue weighted by molar-refractivity contribution is -0.148. The molecular formula is C11H14F4N2O. The standard InChI is InChI=1S/C11H14F4N2O/c1-2-16-5-8-3-4-9(17-6-8)18-7-11(14,15)10(12)13/h3-4,6,10,16H,2,5,7H2,1H3. The van der Waals surface area contributed by atoms with Gasteiger partial charge in [0, 0.05) is 18.8 Å². The number of halogens is 4. The summed E-state index contributed by atoms with van der Waals surface area (Å²) in [6.45, 7) is 1.94. The summed E-state index contributed by atoms with van der Waals surface area (Å²) in [5.74, 6) is -4.26. The first-order chi connectivity index (χ1) is 8.45. The molecule has 0 amide bonds. The molecule has 0 saturated carbocycles. The Hall–Kier alpha value is -1.37. The number of hydrogen-bond acceptors (Lipinski definition) is 3. The average molecular weight is 266 g/mol. The van der Waals surface area contributed by atoms with Crippen LogP contribution in [0.1, 0.15) is 12.5 Å². The third-order valence-corrected chi connectivity index (χ3v) is 2.11. The number of hydrogen-bond donors (Lipinski definition) is 1. The van der Waals surface area contributed by atoms with Crippen molar-refractivity contribution in [3.63, 3.8) is 0 Å². The molecule has 0 aromatic carbocycles. The average Bonchev–Trinajstić information content (AvgIpc) is 2.35. The monoisotopic (exact) mass is 266 g/mol. The van der Waals surface area contributed by atoms with Gasteiger partial charge in [0.15, 0.2) is 6.61 Å². The van der Waals surface area contributed by atoms with Crippen molar-refractivity contribution in [1.82, 2.24) is 10.3 Å². The molecule has 1 N–H and O–H groups in total. The molecule has 1 rings (SSSR count). The van der Waals surface area contributed by atoms with Crippen molar-refractivity contribution in [3.8, 4) is 5.88 Å². The number of alkyl halides is 4. The molecule has 0 aliphatic carbocycles. The van der Waals surface area contributed by atoms with E-state index in [1.54, 1.807) is 6.07 Å². The minimum atomic E-state index is -4.16. The van der Waals surface area contributed by atoms with Crippen molar-refractivity contribution >= 4 is 0 Å². The minimum absolute atomic E-state index is 0.101. The van der Waals surface area contributed by atoms with Gasteiger partial charge in [-0.1, -0.05) is 13.0 Å². The van der Waals surface area contributed by atoms with E-state index in [1.165, 1.54) is 12.3 Å². The first-order valence-corrected chi connectivity index (χ1v) is 5.40. The predicted molar refractivity (Wildman–Crippen MR) is 58.1 cm³/mol. The van der Waals surface area contributed by atoms with Crippen LogP contribution in [0.4, 0.5) is 17.6 Å². The second-order valence-electron chi connectivity index (χ2n) is 3.64. The Morgan fingerprint density at radius 1 is 1.39 bits per heavy atom. The topological polar surface area (TPSA) is 34.1 Å². The second-order valence-corrected chi connectivity index (χ2v) is 3.64. The van der Waals surface area contributed by atoms with Crippen LogP contribution in [-0.2, 0) is 6.54 Å². The number of ether oxygens (including phenoxy) is 1. The Morgan fingerprint density at radius 3 is 2.61 bits per heavy atom. The smallest absolute Gasteiger partial charge is 0.340 e. The van der Waals surface area contributed by atoms with Crippen LogP contribution < -0.4 is 10.1 Å². The van der Waals surface area contributed by atoms with E-state index >= 15 is 0 Å². The molecule has 0 spiro atoms. The van der Waals surface area contributed by atoms with Gasteiger partial charge in [-0.15, -0.1) is 0 Å². The normalized spacial score (nSPS) is 11.9. The lowest BCUT2D eigenvalue weighted by Gasteiger charge is -2.15. The summed E-state index contributed by atoms with van der Waals surface area (Å²) in [6, 6.07) is 3.00. The Bertz CT molecular complexity index is 357. The largest absolute Gasteiger partial charge is 0.471 e. The van der Waals surface area contributed by atoms with Crippen LogP contribution in [-0.4, -0.2) is 30.5 Å². The van der Waals surface area contributed by atoms with E-state index in [9.17, 15) is 17.6 Å². The summed E-state index contributed by atoms with van der Waals surface area (Å²) in [5, 5.41) is 3.06. The molecule has 0 unspecified atom stereocenters. The Labute approximate surface area is 102 Å². The maximum absolute atomic E-state index is 12.6. The molecule has 7 heteroatoms. The van der Waals surface area contributed by atoms with Gasteiger partial charge in [0.2, 0.25) is 5.88 Å². The molecule has 0 aliphatic heterocycles. The van der Waals surface area contributed by atoms with Gasteiger partial charge in [-0.2, -0.15) is 8.78 Å². The highest BCUT2D eigenvalue weighted by Crippen LogP contribution is 2.23. The fraction of sp³-hybridized carbons (Fsp3) is 0.545. The number of nitrogens with zero attached hydrogens (tertiary/aromatic N) is 1. The van der Waals surface area contributed by atoms with Crippen molar-refractivity contribution in [3.05, 3.63) is 23.9 Å². The molecule has 0 bridgehead atoms. The van der Waals surface area contributed by atoms with Gasteiger partial charge in [-0.05, 0) is 12.1 Å². The number of aromatic nitrogens is 1. The van der Waals surface area contributed by atoms with Crippen molar-refractivity contribution in [2.45, 2.75) is 25.8 Å². The first kappa shape index (κ1) is 14.7. The van der Waals surface area contributed by atoms with Crippen LogP contribution >= 0.6 is 0 Å². The van der Waals surface area contributed by atoms with Gasteiger partial charge in [0.1, 0.15) is 0 Å². The van der Waals surface area contributed by atoms with E-state index < -0.39 is 19.0 Å². The molecule has 3 nitrogen and oxygen atoms in total. The zero-order valence-electron chi connectivity index (χ0n) is 9.80. The van der Waals surface area contributed by atoms with E-state index in [-0.39, 0.29) is 5.88 Å². The van der Waals surface area contributed by atoms with Gasteiger partial charge < -0.3 is 10.1 Å². The Balaban J connectivity index is 2.49. The minimum Gasteiger partial charge on any atom is -0.471 e. The first-order valence-electron chi connectivity index (χ1n) is 5.40. The zero-order chi connectivity index (χ0) is 13.6. The van der Waals surface area contributed by atoms with E-state index in [2.05, 4.69) is 15.0 Å². The molecule has 0 atom stereocenters. The highest BCUT2D eigenvalue weighted by atomic mass is 19.3. The summed E-state index contributed by atoms with van der Waals surface area (Å²) >= 11 is 0. The van der Waals surface area contributed by atoms with Crippen molar-refractivity contribution in [2.75, 3.05) is 13.2 Å². The van der Waals surface area contributed by atoms with Crippen LogP contribution in [0.25, 0.3) is 0 Å². The third kappa shape index (κ3) is 4.48. The van der Waals surface area contributed by atoms with Crippen LogP contribution in [0, 0.1) is 0 Å². The second kappa shape index (κ2) is 6.53. The number of nitrogens with one attached hydrogen (secondary N) is 1. The summed E-state index contributed by atoms with van der Waals surface area (Å²) in [4.78, 5) is 3.75. The van der Waals surface area contributed by atoms with E-state index in [0.29, 0.717) is 6.54 Å². The maximum Gasteiger partial charge on any atom is 0.340 e. The SMILES string of the molecule is CCNCc1ccc(OCC(F)(F)C(F)F)nc1. The molecule has 0 radical (unpaired) electrons. The van der Waals surface area contributed by atoms with Crippen molar-refractivity contribution in [1.29, 1.82) is 0 Å².